The van der Waals surface area contributed by atoms with Crippen LogP contribution < -0.4 is 15.0 Å². The van der Waals surface area contributed by atoms with E-state index in [-0.39, 0.29) is 12.3 Å². The van der Waals surface area contributed by atoms with Gasteiger partial charge in [-0.3, -0.25) is 19.8 Å². The normalized spacial score (nSPS) is 27.0. The van der Waals surface area contributed by atoms with Gasteiger partial charge in [0.2, 0.25) is 11.8 Å². The number of carbonyl (C=O) groups excluding carboxylic acids is 3. The van der Waals surface area contributed by atoms with Gasteiger partial charge in [0.25, 0.3) is 0 Å². The standard InChI is InChI=1S/C29H29F3N4O6/c1-4-40-26(39)34-18-6-9-20(10-7-18)41-12-11-35-15-27(2)22-23(28(3,16-35)42-27)25(38)36(24(22)37)19-8-5-17(14-33)21(13-19)29(30,31)32/h5-10,13,22-23H,4,11-12,15-16H2,1-3H3,(H,34,39)/t22?,23?,27-,28+. The zero-order chi connectivity index (χ0) is 30.4. The summed E-state index contributed by atoms with van der Waals surface area (Å²) in [5, 5.41) is 11.7. The highest BCUT2D eigenvalue weighted by atomic mass is 19.4. The lowest BCUT2D eigenvalue weighted by Gasteiger charge is -2.45. The number of nitriles is 1. The van der Waals surface area contributed by atoms with Crippen molar-refractivity contribution in [3.05, 3.63) is 53.6 Å². The van der Waals surface area contributed by atoms with Crippen molar-refractivity contribution in [1.82, 2.24) is 4.90 Å². The predicted molar refractivity (Wildman–Crippen MR) is 143 cm³/mol. The molecule has 10 nitrogen and oxygen atoms in total. The molecular weight excluding hydrogens is 557 g/mol. The first kappa shape index (κ1) is 29.3. The van der Waals surface area contributed by atoms with Crippen molar-refractivity contribution in [2.24, 2.45) is 11.8 Å². The highest BCUT2D eigenvalue weighted by molar-refractivity contribution is 6.23. The molecule has 0 aliphatic carbocycles. The summed E-state index contributed by atoms with van der Waals surface area (Å²) in [6.07, 6.45) is -5.38. The van der Waals surface area contributed by atoms with E-state index in [2.05, 4.69) is 5.32 Å². The van der Waals surface area contributed by atoms with Crippen LogP contribution in [-0.4, -0.2) is 66.9 Å². The average Bonchev–Trinajstić information content (AvgIpc) is 3.29. The van der Waals surface area contributed by atoms with Crippen molar-refractivity contribution in [2.45, 2.75) is 38.1 Å². The van der Waals surface area contributed by atoms with Crippen molar-refractivity contribution in [3.63, 3.8) is 0 Å². The molecule has 0 spiro atoms. The first-order valence-electron chi connectivity index (χ1n) is 13.4. The molecule has 3 amide bonds. The number of imide groups is 1. The van der Waals surface area contributed by atoms with Gasteiger partial charge in [0.05, 0.1) is 52.5 Å². The summed E-state index contributed by atoms with van der Waals surface area (Å²) >= 11 is 0. The Morgan fingerprint density at radius 1 is 1.10 bits per heavy atom. The summed E-state index contributed by atoms with van der Waals surface area (Å²) in [6.45, 7) is 6.84. The van der Waals surface area contributed by atoms with Gasteiger partial charge in [0, 0.05) is 25.3 Å². The maximum Gasteiger partial charge on any atom is 0.417 e. The Balaban J connectivity index is 1.27. The minimum atomic E-state index is -4.83. The minimum Gasteiger partial charge on any atom is -0.492 e. The molecule has 3 heterocycles. The van der Waals surface area contributed by atoms with E-state index in [0.717, 1.165) is 11.0 Å². The smallest absolute Gasteiger partial charge is 0.417 e. The monoisotopic (exact) mass is 586 g/mol. The van der Waals surface area contributed by atoms with Crippen LogP contribution in [0.4, 0.5) is 29.3 Å². The SMILES string of the molecule is CCOC(=O)Nc1ccc(OCCN2C[C@@]3(C)O[C@@](C)(C2)C2C(=O)N(c4ccc(C#N)c(C(F)(F)F)c4)C(=O)C23)cc1. The van der Waals surface area contributed by atoms with E-state index >= 15 is 0 Å². The van der Waals surface area contributed by atoms with Crippen LogP contribution in [-0.2, 0) is 25.2 Å². The Hall–Kier alpha value is -4.15. The lowest BCUT2D eigenvalue weighted by atomic mass is 9.79. The van der Waals surface area contributed by atoms with Gasteiger partial charge in [-0.1, -0.05) is 0 Å². The number of halogens is 3. The fourth-order valence-electron chi connectivity index (χ4n) is 6.39. The number of hydrogen-bond acceptors (Lipinski definition) is 8. The number of nitrogens with zero attached hydrogens (tertiary/aromatic N) is 3. The number of ether oxygens (including phenoxy) is 3. The third-order valence-electron chi connectivity index (χ3n) is 7.90. The largest absolute Gasteiger partial charge is 0.492 e. The number of amides is 3. The number of likely N-dealkylation sites (tertiary alicyclic amines) is 1. The highest BCUT2D eigenvalue weighted by Crippen LogP contribution is 2.55. The minimum absolute atomic E-state index is 0.218. The molecule has 2 aromatic rings. The summed E-state index contributed by atoms with van der Waals surface area (Å²) in [5.74, 6) is -2.43. The summed E-state index contributed by atoms with van der Waals surface area (Å²) in [7, 11) is 0. The Kier molecular flexibility index (Phi) is 7.40. The molecule has 0 radical (unpaired) electrons. The topological polar surface area (TPSA) is 121 Å². The van der Waals surface area contributed by atoms with Gasteiger partial charge in [0.15, 0.2) is 0 Å². The molecule has 2 unspecified atom stereocenters. The van der Waals surface area contributed by atoms with Crippen molar-refractivity contribution in [3.8, 4) is 11.8 Å². The van der Waals surface area contributed by atoms with E-state index in [1.54, 1.807) is 45.0 Å². The van der Waals surface area contributed by atoms with Crippen molar-refractivity contribution >= 4 is 29.3 Å². The van der Waals surface area contributed by atoms with Crippen LogP contribution in [0, 0.1) is 23.2 Å². The molecule has 2 aromatic carbocycles. The van der Waals surface area contributed by atoms with Crippen molar-refractivity contribution in [2.75, 3.05) is 43.1 Å². The Bertz CT molecular complexity index is 1420. The second-order valence-electron chi connectivity index (χ2n) is 11.0. The molecule has 3 saturated heterocycles. The number of nitrogens with one attached hydrogen (secondary N) is 1. The molecule has 0 aromatic heterocycles. The van der Waals surface area contributed by atoms with Crippen LogP contribution in [0.2, 0.25) is 0 Å². The van der Waals surface area contributed by atoms with Crippen LogP contribution >= 0.6 is 0 Å². The molecule has 1 N–H and O–H groups in total. The van der Waals surface area contributed by atoms with Gasteiger partial charge in [-0.2, -0.15) is 18.4 Å². The number of fused-ring (bicyclic) bond motifs is 5. The lowest BCUT2D eigenvalue weighted by molar-refractivity contribution is -0.169. The molecule has 5 rings (SSSR count). The van der Waals surface area contributed by atoms with E-state index in [0.29, 0.717) is 43.7 Å². The van der Waals surface area contributed by atoms with Gasteiger partial charge in [-0.25, -0.2) is 9.69 Å². The Labute approximate surface area is 239 Å². The molecule has 13 heteroatoms. The number of hydrogen-bond donors (Lipinski definition) is 1. The average molecular weight is 587 g/mol. The van der Waals surface area contributed by atoms with Crippen molar-refractivity contribution < 1.29 is 41.8 Å². The van der Waals surface area contributed by atoms with Gasteiger partial charge >= 0.3 is 12.3 Å². The predicted octanol–water partition coefficient (Wildman–Crippen LogP) is 4.19. The number of rotatable bonds is 7. The molecule has 0 saturated carbocycles. The third-order valence-corrected chi connectivity index (χ3v) is 7.90. The first-order chi connectivity index (χ1) is 19.8. The van der Waals surface area contributed by atoms with Gasteiger partial charge in [-0.15, -0.1) is 0 Å². The molecule has 3 aliphatic rings. The van der Waals surface area contributed by atoms with Gasteiger partial charge in [0.1, 0.15) is 12.4 Å². The van der Waals surface area contributed by atoms with E-state index < -0.39 is 58.2 Å². The van der Waals surface area contributed by atoms with Crippen LogP contribution in [0.5, 0.6) is 5.75 Å². The van der Waals surface area contributed by atoms with Crippen LogP contribution in [0.3, 0.4) is 0 Å². The van der Waals surface area contributed by atoms with Gasteiger partial charge in [-0.05, 0) is 63.2 Å². The Morgan fingerprint density at radius 3 is 2.26 bits per heavy atom. The first-order valence-corrected chi connectivity index (χ1v) is 13.4. The van der Waals surface area contributed by atoms with Crippen molar-refractivity contribution in [1.29, 1.82) is 5.26 Å². The number of benzene rings is 2. The third kappa shape index (κ3) is 5.16. The van der Waals surface area contributed by atoms with E-state index in [1.165, 1.54) is 12.1 Å². The van der Waals surface area contributed by atoms with E-state index in [9.17, 15) is 27.6 Å². The molecular formula is C29H29F3N4O6. The number of carbonyl (C=O) groups is 3. The maximum absolute atomic E-state index is 13.6. The van der Waals surface area contributed by atoms with E-state index in [1.807, 2.05) is 4.90 Å². The fourth-order valence-corrected chi connectivity index (χ4v) is 6.39. The fraction of sp³-hybridized carbons (Fsp3) is 0.448. The molecule has 222 valence electrons. The molecule has 42 heavy (non-hydrogen) atoms. The van der Waals surface area contributed by atoms with Crippen LogP contribution in [0.1, 0.15) is 31.9 Å². The quantitative estimate of drug-likeness (QED) is 0.480. The summed E-state index contributed by atoms with van der Waals surface area (Å²) in [5.41, 5.74) is -3.57. The molecule has 3 aliphatic heterocycles. The number of anilines is 2. The molecule has 3 fully saturated rings. The van der Waals surface area contributed by atoms with Gasteiger partial charge < -0.3 is 14.2 Å². The Morgan fingerprint density at radius 2 is 1.71 bits per heavy atom. The summed E-state index contributed by atoms with van der Waals surface area (Å²) in [6, 6.07) is 11.1. The second kappa shape index (κ2) is 10.6. The molecule has 2 bridgehead atoms. The summed E-state index contributed by atoms with van der Waals surface area (Å²) < 4.78 is 57.8. The lowest BCUT2D eigenvalue weighted by Crippen LogP contribution is -2.58. The van der Waals surface area contributed by atoms with Crippen LogP contribution in [0.15, 0.2) is 42.5 Å². The number of alkyl halides is 3. The second-order valence-corrected chi connectivity index (χ2v) is 11.0. The number of morpholine rings is 1. The maximum atomic E-state index is 13.6. The highest BCUT2D eigenvalue weighted by Gasteiger charge is 2.71. The van der Waals surface area contributed by atoms with E-state index in [4.69, 9.17) is 19.5 Å². The van der Waals surface area contributed by atoms with Crippen LogP contribution in [0.25, 0.3) is 0 Å². The zero-order valence-electron chi connectivity index (χ0n) is 23.2. The summed E-state index contributed by atoms with van der Waals surface area (Å²) in [4.78, 5) is 41.7. The zero-order valence-corrected chi connectivity index (χ0v) is 23.2. The molecule has 4 atom stereocenters.